The Labute approximate surface area is 173 Å². The number of halogens is 3. The normalized spacial score (nSPS) is 11.7. The van der Waals surface area contributed by atoms with Gasteiger partial charge in [-0.3, -0.25) is 4.79 Å². The fourth-order valence-corrected chi connectivity index (χ4v) is 3.12. The first-order valence-electron chi connectivity index (χ1n) is 9.19. The van der Waals surface area contributed by atoms with Crippen LogP contribution in [-0.2, 0) is 24.0 Å². The summed E-state index contributed by atoms with van der Waals surface area (Å²) >= 11 is 0. The highest BCUT2D eigenvalue weighted by Gasteiger charge is 2.30. The molecule has 0 spiro atoms. The molecule has 0 saturated heterocycles. The molecule has 0 fully saturated rings. The van der Waals surface area contributed by atoms with E-state index in [9.17, 15) is 18.0 Å². The molecule has 2 heterocycles. The molecule has 4 aromatic rings. The van der Waals surface area contributed by atoms with Crippen LogP contribution in [0.2, 0.25) is 0 Å². The van der Waals surface area contributed by atoms with Gasteiger partial charge in [0.1, 0.15) is 17.9 Å². The average molecular weight is 431 g/mol. The van der Waals surface area contributed by atoms with Crippen molar-refractivity contribution >= 4 is 16.9 Å². The van der Waals surface area contributed by atoms with Crippen molar-refractivity contribution in [1.29, 1.82) is 0 Å². The molecule has 9 heteroatoms. The van der Waals surface area contributed by atoms with Crippen molar-refractivity contribution in [3.63, 3.8) is 0 Å². The molecule has 2 aromatic heterocycles. The SMILES string of the molecule is Cc1nc(-c2ccc(C(F)(F)F)cc2)oc1COc1cc(CC(=O)O)cc2occc12. The van der Waals surface area contributed by atoms with Gasteiger partial charge in [0.25, 0.3) is 0 Å². The van der Waals surface area contributed by atoms with Gasteiger partial charge in [0.15, 0.2) is 5.76 Å². The van der Waals surface area contributed by atoms with E-state index in [2.05, 4.69) is 4.98 Å². The highest BCUT2D eigenvalue weighted by Crippen LogP contribution is 2.32. The third kappa shape index (κ3) is 4.40. The Morgan fingerprint density at radius 2 is 1.90 bits per heavy atom. The molecule has 0 atom stereocenters. The molecule has 0 bridgehead atoms. The van der Waals surface area contributed by atoms with Crippen molar-refractivity contribution in [2.45, 2.75) is 26.1 Å². The third-order valence-electron chi connectivity index (χ3n) is 4.66. The molecule has 4 rings (SSSR count). The maximum atomic E-state index is 12.7. The summed E-state index contributed by atoms with van der Waals surface area (Å²) in [6.45, 7) is 1.69. The molecular formula is C22H16F3NO5. The van der Waals surface area contributed by atoms with Crippen LogP contribution in [0, 0.1) is 6.92 Å². The van der Waals surface area contributed by atoms with E-state index in [1.54, 1.807) is 25.1 Å². The van der Waals surface area contributed by atoms with Gasteiger partial charge in [-0.1, -0.05) is 0 Å². The molecule has 0 aliphatic rings. The van der Waals surface area contributed by atoms with Crippen LogP contribution in [0.5, 0.6) is 5.75 Å². The highest BCUT2D eigenvalue weighted by atomic mass is 19.4. The Balaban J connectivity index is 1.56. The standard InChI is InChI=1S/C22H16F3NO5/c1-12-19(31-21(26-12)14-2-4-15(5-3-14)22(23,24)25)11-30-18-9-13(10-20(27)28)8-17-16(18)6-7-29-17/h2-9H,10-11H2,1H3,(H,27,28). The molecule has 2 aromatic carbocycles. The molecule has 0 unspecified atom stereocenters. The number of carboxylic acid groups (broad SMARTS) is 1. The molecule has 0 aliphatic heterocycles. The lowest BCUT2D eigenvalue weighted by molar-refractivity contribution is -0.138. The summed E-state index contributed by atoms with van der Waals surface area (Å²) in [4.78, 5) is 15.3. The van der Waals surface area contributed by atoms with Gasteiger partial charge in [0.05, 0.1) is 29.3 Å². The van der Waals surface area contributed by atoms with E-state index >= 15 is 0 Å². The number of hydrogen-bond acceptors (Lipinski definition) is 5. The fraction of sp³-hybridized carbons (Fsp3) is 0.182. The number of alkyl halides is 3. The summed E-state index contributed by atoms with van der Waals surface area (Å²) in [5.41, 5.74) is 1.19. The summed E-state index contributed by atoms with van der Waals surface area (Å²) in [7, 11) is 0. The van der Waals surface area contributed by atoms with E-state index in [0.29, 0.717) is 39.3 Å². The second-order valence-electron chi connectivity index (χ2n) is 6.89. The monoisotopic (exact) mass is 431 g/mol. The van der Waals surface area contributed by atoms with E-state index in [0.717, 1.165) is 12.1 Å². The Bertz CT molecular complexity index is 1240. The lowest BCUT2D eigenvalue weighted by Crippen LogP contribution is -2.03. The van der Waals surface area contributed by atoms with Crippen molar-refractivity contribution in [2.24, 2.45) is 0 Å². The average Bonchev–Trinajstić information content (AvgIpc) is 3.31. The molecule has 31 heavy (non-hydrogen) atoms. The van der Waals surface area contributed by atoms with Gasteiger partial charge in [-0.25, -0.2) is 4.98 Å². The molecule has 160 valence electrons. The van der Waals surface area contributed by atoms with Crippen LogP contribution in [0.3, 0.4) is 0 Å². The Morgan fingerprint density at radius 1 is 1.16 bits per heavy atom. The number of benzene rings is 2. The van der Waals surface area contributed by atoms with Crippen LogP contribution in [0.25, 0.3) is 22.4 Å². The lowest BCUT2D eigenvalue weighted by atomic mass is 10.1. The summed E-state index contributed by atoms with van der Waals surface area (Å²) in [5, 5.41) is 9.72. The van der Waals surface area contributed by atoms with Crippen LogP contribution >= 0.6 is 0 Å². The molecule has 0 radical (unpaired) electrons. The number of nitrogens with zero attached hydrogens (tertiary/aromatic N) is 1. The zero-order valence-corrected chi connectivity index (χ0v) is 16.2. The third-order valence-corrected chi connectivity index (χ3v) is 4.66. The number of hydrogen-bond donors (Lipinski definition) is 1. The van der Waals surface area contributed by atoms with Crippen LogP contribution in [0.15, 0.2) is 57.6 Å². The number of carbonyl (C=O) groups is 1. The topological polar surface area (TPSA) is 85.7 Å². The Morgan fingerprint density at radius 3 is 2.58 bits per heavy atom. The number of fused-ring (bicyclic) bond motifs is 1. The van der Waals surface area contributed by atoms with Crippen molar-refractivity contribution in [3.8, 4) is 17.2 Å². The molecule has 0 saturated carbocycles. The zero-order chi connectivity index (χ0) is 22.2. The first kappa shape index (κ1) is 20.5. The second-order valence-corrected chi connectivity index (χ2v) is 6.89. The quantitative estimate of drug-likeness (QED) is 0.426. The van der Waals surface area contributed by atoms with Gasteiger partial charge in [0, 0.05) is 5.56 Å². The van der Waals surface area contributed by atoms with E-state index < -0.39 is 17.7 Å². The maximum absolute atomic E-state index is 12.7. The van der Waals surface area contributed by atoms with Crippen molar-refractivity contribution in [3.05, 3.63) is 71.3 Å². The summed E-state index contributed by atoms with van der Waals surface area (Å²) in [6, 6.07) is 9.48. The Kier molecular flexibility index (Phi) is 5.18. The van der Waals surface area contributed by atoms with Gasteiger partial charge in [-0.15, -0.1) is 0 Å². The largest absolute Gasteiger partial charge is 0.485 e. The smallest absolute Gasteiger partial charge is 0.416 e. The lowest BCUT2D eigenvalue weighted by Gasteiger charge is -2.08. The van der Waals surface area contributed by atoms with E-state index in [4.69, 9.17) is 18.7 Å². The van der Waals surface area contributed by atoms with E-state index in [1.807, 2.05) is 0 Å². The number of aromatic nitrogens is 1. The number of rotatable bonds is 6. The Hall–Kier alpha value is -3.75. The number of aliphatic carboxylic acids is 1. The minimum atomic E-state index is -4.42. The number of carboxylic acids is 1. The zero-order valence-electron chi connectivity index (χ0n) is 16.2. The first-order valence-corrected chi connectivity index (χ1v) is 9.19. The van der Waals surface area contributed by atoms with Crippen LogP contribution < -0.4 is 4.74 Å². The van der Waals surface area contributed by atoms with Gasteiger partial charge in [-0.05, 0) is 55.0 Å². The highest BCUT2D eigenvalue weighted by molar-refractivity contribution is 5.86. The van der Waals surface area contributed by atoms with Crippen molar-refractivity contribution in [2.75, 3.05) is 0 Å². The van der Waals surface area contributed by atoms with Gasteiger partial charge < -0.3 is 18.7 Å². The number of oxazole rings is 1. The molecule has 0 aliphatic carbocycles. The van der Waals surface area contributed by atoms with Gasteiger partial charge in [-0.2, -0.15) is 13.2 Å². The van der Waals surface area contributed by atoms with Crippen LogP contribution in [0.1, 0.15) is 22.6 Å². The summed E-state index contributed by atoms with van der Waals surface area (Å²) in [5.74, 6) is 0.0200. The van der Waals surface area contributed by atoms with Gasteiger partial charge in [0.2, 0.25) is 5.89 Å². The molecule has 6 nitrogen and oxygen atoms in total. The van der Waals surface area contributed by atoms with E-state index in [-0.39, 0.29) is 18.9 Å². The predicted molar refractivity (Wildman–Crippen MR) is 104 cm³/mol. The number of aryl methyl sites for hydroxylation is 1. The van der Waals surface area contributed by atoms with Crippen LogP contribution in [0.4, 0.5) is 13.2 Å². The maximum Gasteiger partial charge on any atom is 0.416 e. The summed E-state index contributed by atoms with van der Waals surface area (Å²) in [6.07, 6.45) is -3.13. The van der Waals surface area contributed by atoms with Crippen molar-refractivity contribution < 1.29 is 36.6 Å². The summed E-state index contributed by atoms with van der Waals surface area (Å²) < 4.78 is 55.1. The second kappa shape index (κ2) is 7.82. The van der Waals surface area contributed by atoms with Crippen LogP contribution in [-0.4, -0.2) is 16.1 Å². The van der Waals surface area contributed by atoms with Crippen molar-refractivity contribution in [1.82, 2.24) is 4.98 Å². The van der Waals surface area contributed by atoms with Gasteiger partial charge >= 0.3 is 12.1 Å². The number of furan rings is 1. The fourth-order valence-electron chi connectivity index (χ4n) is 3.12. The van der Waals surface area contributed by atoms with E-state index in [1.165, 1.54) is 18.4 Å². The molecule has 1 N–H and O–H groups in total. The minimum Gasteiger partial charge on any atom is -0.485 e. The number of ether oxygens (including phenoxy) is 1. The molecular weight excluding hydrogens is 415 g/mol. The first-order chi connectivity index (χ1) is 14.7. The minimum absolute atomic E-state index is 0.00370. The molecule has 0 amide bonds. The predicted octanol–water partition coefficient (Wildman–Crippen LogP) is 5.62.